The molecule has 0 aliphatic carbocycles. The molecular weight excluding hydrogens is 310 g/mol. The van der Waals surface area contributed by atoms with Crippen LogP contribution in [0.2, 0.25) is 0 Å². The third-order valence-electron chi connectivity index (χ3n) is 5.07. The normalized spacial score (nSPS) is 18.9. The molecule has 1 aliphatic rings. The van der Waals surface area contributed by atoms with E-state index in [1.807, 2.05) is 18.2 Å². The molecule has 1 saturated heterocycles. The van der Waals surface area contributed by atoms with Crippen LogP contribution >= 0.6 is 0 Å². The smallest absolute Gasteiger partial charge is 0.242 e. The lowest BCUT2D eigenvalue weighted by atomic mass is 10.0. The van der Waals surface area contributed by atoms with E-state index in [-0.39, 0.29) is 18.0 Å². The minimum atomic E-state index is -0.178. The van der Waals surface area contributed by atoms with Crippen molar-refractivity contribution in [2.24, 2.45) is 5.92 Å². The number of carbonyl (C=O) groups excluding carboxylic acids is 1. The third-order valence-corrected chi connectivity index (χ3v) is 5.07. The van der Waals surface area contributed by atoms with Crippen molar-refractivity contribution in [1.29, 1.82) is 0 Å². The number of rotatable bonds is 8. The first-order chi connectivity index (χ1) is 12.0. The molecule has 140 valence electrons. The summed E-state index contributed by atoms with van der Waals surface area (Å²) in [7, 11) is 2.14. The van der Waals surface area contributed by atoms with Gasteiger partial charge in [0.05, 0.1) is 0 Å². The Hall–Kier alpha value is -1.39. The van der Waals surface area contributed by atoms with Crippen LogP contribution in [0.1, 0.15) is 51.6 Å². The molecule has 1 heterocycles. The Morgan fingerprint density at radius 1 is 1.04 bits per heavy atom. The van der Waals surface area contributed by atoms with Crippen LogP contribution in [0.3, 0.4) is 0 Å². The van der Waals surface area contributed by atoms with Gasteiger partial charge in [-0.1, -0.05) is 57.0 Å². The van der Waals surface area contributed by atoms with Gasteiger partial charge in [-0.25, -0.2) is 0 Å². The molecular formula is C21H35N3O. The van der Waals surface area contributed by atoms with E-state index in [2.05, 4.69) is 55.1 Å². The van der Waals surface area contributed by atoms with E-state index in [9.17, 15) is 4.79 Å². The maximum absolute atomic E-state index is 13.1. The zero-order valence-corrected chi connectivity index (χ0v) is 16.4. The fourth-order valence-corrected chi connectivity index (χ4v) is 3.47. The molecule has 1 aromatic carbocycles. The van der Waals surface area contributed by atoms with Crippen molar-refractivity contribution in [1.82, 2.24) is 15.1 Å². The molecule has 0 saturated carbocycles. The largest absolute Gasteiger partial charge is 0.352 e. The summed E-state index contributed by atoms with van der Waals surface area (Å²) in [6.45, 7) is 10.5. The topological polar surface area (TPSA) is 35.6 Å². The molecule has 1 aromatic rings. The van der Waals surface area contributed by atoms with Gasteiger partial charge in [0.2, 0.25) is 5.91 Å². The minimum Gasteiger partial charge on any atom is -0.352 e. The summed E-state index contributed by atoms with van der Waals surface area (Å²) in [5.74, 6) is 0.873. The number of amides is 1. The summed E-state index contributed by atoms with van der Waals surface area (Å²) < 4.78 is 0. The number of hydrogen-bond acceptors (Lipinski definition) is 3. The first kappa shape index (κ1) is 19.9. The number of piperazine rings is 1. The maximum Gasteiger partial charge on any atom is 0.242 e. The Balaban J connectivity index is 2.00. The standard InChI is InChI=1S/C21H35N3O/c1-17(2)9-8-10-18(3)22-21(25)20(19-11-6-5-7-12-19)24-15-13-23(4)14-16-24/h5-7,11-12,17-18,20H,8-10,13-16H2,1-4H3,(H,22,25)/t18-,20+/m0/s1. The highest BCUT2D eigenvalue weighted by molar-refractivity contribution is 5.83. The lowest BCUT2D eigenvalue weighted by molar-refractivity contribution is -0.128. The molecule has 1 fully saturated rings. The van der Waals surface area contributed by atoms with Crippen LogP contribution in [-0.4, -0.2) is 55.0 Å². The summed E-state index contributed by atoms with van der Waals surface area (Å²) >= 11 is 0. The third kappa shape index (κ3) is 6.44. The second-order valence-electron chi connectivity index (χ2n) is 7.89. The van der Waals surface area contributed by atoms with E-state index >= 15 is 0 Å². The predicted molar refractivity (Wildman–Crippen MR) is 105 cm³/mol. The van der Waals surface area contributed by atoms with Crippen molar-refractivity contribution >= 4 is 5.91 Å². The molecule has 0 spiro atoms. The molecule has 25 heavy (non-hydrogen) atoms. The predicted octanol–water partition coefficient (Wildman–Crippen LogP) is 3.31. The number of carbonyl (C=O) groups is 1. The van der Waals surface area contributed by atoms with Gasteiger partial charge < -0.3 is 10.2 Å². The average Bonchev–Trinajstić information content (AvgIpc) is 2.57. The van der Waals surface area contributed by atoms with Crippen LogP contribution in [0, 0.1) is 5.92 Å². The quantitative estimate of drug-likeness (QED) is 0.785. The number of hydrogen-bond donors (Lipinski definition) is 1. The molecule has 4 nitrogen and oxygen atoms in total. The first-order valence-corrected chi connectivity index (χ1v) is 9.75. The lowest BCUT2D eigenvalue weighted by Crippen LogP contribution is -2.50. The Labute approximate surface area is 153 Å². The number of nitrogens with zero attached hydrogens (tertiary/aromatic N) is 2. The fraction of sp³-hybridized carbons (Fsp3) is 0.667. The molecule has 0 unspecified atom stereocenters. The number of nitrogens with one attached hydrogen (secondary N) is 1. The molecule has 1 amide bonds. The second-order valence-corrected chi connectivity index (χ2v) is 7.89. The van der Waals surface area contributed by atoms with Gasteiger partial charge in [0.15, 0.2) is 0 Å². The monoisotopic (exact) mass is 345 g/mol. The highest BCUT2D eigenvalue weighted by Gasteiger charge is 2.30. The lowest BCUT2D eigenvalue weighted by Gasteiger charge is -2.37. The van der Waals surface area contributed by atoms with Crippen LogP contribution in [0.4, 0.5) is 0 Å². The zero-order valence-electron chi connectivity index (χ0n) is 16.4. The molecule has 0 bridgehead atoms. The summed E-state index contributed by atoms with van der Waals surface area (Å²) in [6, 6.07) is 10.3. The highest BCUT2D eigenvalue weighted by atomic mass is 16.2. The summed E-state index contributed by atoms with van der Waals surface area (Å²) in [5, 5.41) is 3.27. The summed E-state index contributed by atoms with van der Waals surface area (Å²) in [4.78, 5) is 17.7. The van der Waals surface area contributed by atoms with Crippen molar-refractivity contribution in [2.45, 2.75) is 52.1 Å². The van der Waals surface area contributed by atoms with Crippen molar-refractivity contribution in [2.75, 3.05) is 33.2 Å². The molecule has 4 heteroatoms. The van der Waals surface area contributed by atoms with E-state index in [1.54, 1.807) is 0 Å². The molecule has 1 aliphatic heterocycles. The van der Waals surface area contributed by atoms with Gasteiger partial charge >= 0.3 is 0 Å². The van der Waals surface area contributed by atoms with Gasteiger partial charge in [0.1, 0.15) is 6.04 Å². The highest BCUT2D eigenvalue weighted by Crippen LogP contribution is 2.23. The van der Waals surface area contributed by atoms with Crippen molar-refractivity contribution < 1.29 is 4.79 Å². The molecule has 2 rings (SSSR count). The van der Waals surface area contributed by atoms with Crippen LogP contribution in [0.15, 0.2) is 30.3 Å². The van der Waals surface area contributed by atoms with E-state index in [1.165, 1.54) is 12.8 Å². The first-order valence-electron chi connectivity index (χ1n) is 9.75. The van der Waals surface area contributed by atoms with Crippen molar-refractivity contribution in [3.63, 3.8) is 0 Å². The molecule has 0 aromatic heterocycles. The molecule has 2 atom stereocenters. The van der Waals surface area contributed by atoms with Crippen molar-refractivity contribution in [3.8, 4) is 0 Å². The molecule has 0 radical (unpaired) electrons. The van der Waals surface area contributed by atoms with E-state index < -0.39 is 0 Å². The van der Waals surface area contributed by atoms with Crippen LogP contribution in [-0.2, 0) is 4.79 Å². The van der Waals surface area contributed by atoms with E-state index in [0.717, 1.165) is 44.1 Å². The van der Waals surface area contributed by atoms with Crippen LogP contribution in [0.5, 0.6) is 0 Å². The summed E-state index contributed by atoms with van der Waals surface area (Å²) in [6.07, 6.45) is 3.44. The van der Waals surface area contributed by atoms with E-state index in [0.29, 0.717) is 0 Å². The van der Waals surface area contributed by atoms with Crippen LogP contribution < -0.4 is 5.32 Å². The summed E-state index contributed by atoms with van der Waals surface area (Å²) in [5.41, 5.74) is 1.10. The SMILES string of the molecule is CC(C)CCC[C@H](C)NC(=O)[C@@H](c1ccccc1)N1CCN(C)CC1. The van der Waals surface area contributed by atoms with Gasteiger partial charge in [0.25, 0.3) is 0 Å². The second kappa shape index (κ2) is 9.93. The van der Waals surface area contributed by atoms with Gasteiger partial charge in [-0.2, -0.15) is 0 Å². The average molecular weight is 346 g/mol. The minimum absolute atomic E-state index is 0.146. The number of likely N-dealkylation sites (N-methyl/N-ethyl adjacent to an activating group) is 1. The Kier molecular flexibility index (Phi) is 7.91. The van der Waals surface area contributed by atoms with Gasteiger partial charge in [-0.15, -0.1) is 0 Å². The molecule has 1 N–H and O–H groups in total. The van der Waals surface area contributed by atoms with Gasteiger partial charge in [-0.05, 0) is 31.9 Å². The maximum atomic E-state index is 13.1. The Morgan fingerprint density at radius 3 is 2.28 bits per heavy atom. The van der Waals surface area contributed by atoms with Gasteiger partial charge in [0, 0.05) is 32.2 Å². The van der Waals surface area contributed by atoms with Crippen LogP contribution in [0.25, 0.3) is 0 Å². The van der Waals surface area contributed by atoms with Crippen molar-refractivity contribution in [3.05, 3.63) is 35.9 Å². The van der Waals surface area contributed by atoms with Gasteiger partial charge in [-0.3, -0.25) is 9.69 Å². The fourth-order valence-electron chi connectivity index (χ4n) is 3.47. The Morgan fingerprint density at radius 2 is 1.68 bits per heavy atom. The zero-order chi connectivity index (χ0) is 18.2. The number of benzene rings is 1. The van der Waals surface area contributed by atoms with E-state index in [4.69, 9.17) is 0 Å². The Bertz CT molecular complexity index is 509.